The van der Waals surface area contributed by atoms with E-state index < -0.39 is 0 Å². The normalized spacial score (nSPS) is 29.9. The molecule has 0 aromatic heterocycles. The predicted octanol–water partition coefficient (Wildman–Crippen LogP) is 0.768. The van der Waals surface area contributed by atoms with Gasteiger partial charge in [-0.25, -0.2) is 0 Å². The summed E-state index contributed by atoms with van der Waals surface area (Å²) in [6.07, 6.45) is 3.42. The highest BCUT2D eigenvalue weighted by molar-refractivity contribution is 5.73. The molecule has 1 aliphatic carbocycles. The molecule has 1 N–H and O–H groups in total. The van der Waals surface area contributed by atoms with Crippen LogP contribution in [-0.4, -0.2) is 35.1 Å². The molecule has 1 amide bonds. The van der Waals surface area contributed by atoms with E-state index in [0.29, 0.717) is 6.04 Å². The van der Waals surface area contributed by atoms with Gasteiger partial charge in [-0.1, -0.05) is 0 Å². The molecule has 3 nitrogen and oxygen atoms in total. The Labute approximate surface area is 73.4 Å². The molecule has 0 aromatic rings. The Balaban J connectivity index is 2.39. The number of rotatable bonds is 1. The van der Waals surface area contributed by atoms with Crippen molar-refractivity contribution in [3.8, 4) is 0 Å². The number of aliphatic hydroxyl groups is 1. The first-order valence-electron chi connectivity index (χ1n) is 4.52. The van der Waals surface area contributed by atoms with Crippen molar-refractivity contribution in [3.05, 3.63) is 0 Å². The van der Waals surface area contributed by atoms with Gasteiger partial charge in [0.05, 0.1) is 6.10 Å². The summed E-state index contributed by atoms with van der Waals surface area (Å²) < 4.78 is 0. The number of hydrogen-bond donors (Lipinski definition) is 1. The number of carbonyl (C=O) groups excluding carboxylic acids is 1. The maximum absolute atomic E-state index is 11.0. The van der Waals surface area contributed by atoms with Crippen molar-refractivity contribution < 1.29 is 9.90 Å². The Morgan fingerprint density at radius 3 is 2.25 bits per heavy atom. The van der Waals surface area contributed by atoms with Gasteiger partial charge in [-0.15, -0.1) is 0 Å². The molecule has 1 saturated carbocycles. The fourth-order valence-electron chi connectivity index (χ4n) is 1.70. The van der Waals surface area contributed by atoms with Crippen molar-refractivity contribution in [3.63, 3.8) is 0 Å². The van der Waals surface area contributed by atoms with Gasteiger partial charge in [0, 0.05) is 20.0 Å². The van der Waals surface area contributed by atoms with E-state index in [2.05, 4.69) is 0 Å². The second-order valence-electron chi connectivity index (χ2n) is 3.59. The van der Waals surface area contributed by atoms with Crippen LogP contribution >= 0.6 is 0 Å². The molecule has 1 aliphatic rings. The topological polar surface area (TPSA) is 40.5 Å². The molecule has 0 aromatic carbocycles. The highest BCUT2D eigenvalue weighted by atomic mass is 16.3. The van der Waals surface area contributed by atoms with Gasteiger partial charge in [0.1, 0.15) is 0 Å². The number of hydrogen-bond acceptors (Lipinski definition) is 2. The number of aliphatic hydroxyl groups excluding tert-OH is 1. The second-order valence-corrected chi connectivity index (χ2v) is 3.59. The summed E-state index contributed by atoms with van der Waals surface area (Å²) in [5, 5.41) is 9.24. The highest BCUT2D eigenvalue weighted by Crippen LogP contribution is 2.21. The molecule has 0 radical (unpaired) electrons. The van der Waals surface area contributed by atoms with Crippen molar-refractivity contribution in [2.75, 3.05) is 7.05 Å². The number of amides is 1. The smallest absolute Gasteiger partial charge is 0.219 e. The third-order valence-electron chi connectivity index (χ3n) is 2.71. The lowest BCUT2D eigenvalue weighted by Gasteiger charge is -2.32. The summed E-state index contributed by atoms with van der Waals surface area (Å²) in [4.78, 5) is 12.8. The minimum absolute atomic E-state index is 0.122. The van der Waals surface area contributed by atoms with E-state index in [0.717, 1.165) is 25.7 Å². The van der Waals surface area contributed by atoms with Crippen LogP contribution in [0.15, 0.2) is 0 Å². The molecule has 0 saturated heterocycles. The average molecular weight is 171 g/mol. The van der Waals surface area contributed by atoms with E-state index in [1.165, 1.54) is 0 Å². The van der Waals surface area contributed by atoms with Crippen LogP contribution in [0.25, 0.3) is 0 Å². The summed E-state index contributed by atoms with van der Waals surface area (Å²) in [6.45, 7) is 1.59. The Morgan fingerprint density at radius 2 is 1.83 bits per heavy atom. The zero-order valence-corrected chi connectivity index (χ0v) is 7.79. The van der Waals surface area contributed by atoms with Crippen LogP contribution < -0.4 is 0 Å². The van der Waals surface area contributed by atoms with E-state index in [-0.39, 0.29) is 12.0 Å². The van der Waals surface area contributed by atoms with E-state index in [1.54, 1.807) is 11.8 Å². The largest absolute Gasteiger partial charge is 0.393 e. The summed E-state index contributed by atoms with van der Waals surface area (Å²) in [5.41, 5.74) is 0. The lowest BCUT2D eigenvalue weighted by atomic mass is 9.92. The Kier molecular flexibility index (Phi) is 3.09. The maximum atomic E-state index is 11.0. The van der Waals surface area contributed by atoms with E-state index in [4.69, 9.17) is 0 Å². The fourth-order valence-corrected chi connectivity index (χ4v) is 1.70. The predicted molar refractivity (Wildman–Crippen MR) is 46.7 cm³/mol. The van der Waals surface area contributed by atoms with Crippen LogP contribution in [-0.2, 0) is 4.79 Å². The molecule has 0 unspecified atom stereocenters. The van der Waals surface area contributed by atoms with Crippen LogP contribution in [0.1, 0.15) is 32.6 Å². The first kappa shape index (κ1) is 9.52. The van der Waals surface area contributed by atoms with Gasteiger partial charge in [0.25, 0.3) is 0 Å². The van der Waals surface area contributed by atoms with Crippen LogP contribution in [0, 0.1) is 0 Å². The van der Waals surface area contributed by atoms with Gasteiger partial charge in [0.15, 0.2) is 0 Å². The number of carbonyl (C=O) groups is 1. The van der Waals surface area contributed by atoms with Crippen molar-refractivity contribution in [2.24, 2.45) is 0 Å². The van der Waals surface area contributed by atoms with E-state index >= 15 is 0 Å². The highest BCUT2D eigenvalue weighted by Gasteiger charge is 2.23. The van der Waals surface area contributed by atoms with Crippen molar-refractivity contribution >= 4 is 5.91 Å². The lowest BCUT2D eigenvalue weighted by molar-refractivity contribution is -0.130. The van der Waals surface area contributed by atoms with Crippen molar-refractivity contribution in [1.82, 2.24) is 4.90 Å². The molecule has 0 heterocycles. The molecule has 3 heteroatoms. The third kappa shape index (κ3) is 2.21. The molecule has 0 spiro atoms. The minimum Gasteiger partial charge on any atom is -0.393 e. The maximum Gasteiger partial charge on any atom is 0.219 e. The van der Waals surface area contributed by atoms with Crippen LogP contribution in [0.2, 0.25) is 0 Å². The first-order valence-corrected chi connectivity index (χ1v) is 4.52. The third-order valence-corrected chi connectivity index (χ3v) is 2.71. The standard InChI is InChI=1S/C9H17NO2/c1-7(11)10(2)8-3-5-9(12)6-4-8/h8-9,12H,3-6H2,1-2H3. The SMILES string of the molecule is CC(=O)N(C)C1CCC(O)CC1. The first-order chi connectivity index (χ1) is 5.61. The van der Waals surface area contributed by atoms with Crippen molar-refractivity contribution in [2.45, 2.75) is 44.8 Å². The monoisotopic (exact) mass is 171 g/mol. The zero-order valence-electron chi connectivity index (χ0n) is 7.79. The minimum atomic E-state index is -0.137. The Morgan fingerprint density at radius 1 is 1.33 bits per heavy atom. The van der Waals surface area contributed by atoms with Crippen LogP contribution in [0.5, 0.6) is 0 Å². The van der Waals surface area contributed by atoms with Gasteiger partial charge >= 0.3 is 0 Å². The summed E-state index contributed by atoms with van der Waals surface area (Å²) in [5.74, 6) is 0.122. The van der Waals surface area contributed by atoms with Crippen LogP contribution in [0.3, 0.4) is 0 Å². The van der Waals surface area contributed by atoms with Gasteiger partial charge in [-0.2, -0.15) is 0 Å². The second kappa shape index (κ2) is 3.90. The van der Waals surface area contributed by atoms with Gasteiger partial charge in [0.2, 0.25) is 5.91 Å². The summed E-state index contributed by atoms with van der Waals surface area (Å²) >= 11 is 0. The molecule has 1 fully saturated rings. The lowest BCUT2D eigenvalue weighted by Crippen LogP contribution is -2.39. The van der Waals surface area contributed by atoms with Crippen LogP contribution in [0.4, 0.5) is 0 Å². The van der Waals surface area contributed by atoms with E-state index in [9.17, 15) is 9.90 Å². The fraction of sp³-hybridized carbons (Fsp3) is 0.889. The Bertz CT molecular complexity index is 162. The van der Waals surface area contributed by atoms with Gasteiger partial charge < -0.3 is 10.0 Å². The van der Waals surface area contributed by atoms with Gasteiger partial charge in [-0.05, 0) is 25.7 Å². The zero-order chi connectivity index (χ0) is 9.14. The van der Waals surface area contributed by atoms with Gasteiger partial charge in [-0.3, -0.25) is 4.79 Å². The summed E-state index contributed by atoms with van der Waals surface area (Å²) in [7, 11) is 1.84. The molecule has 0 bridgehead atoms. The number of nitrogens with zero attached hydrogens (tertiary/aromatic N) is 1. The molecule has 12 heavy (non-hydrogen) atoms. The molecule has 0 aliphatic heterocycles. The quantitative estimate of drug-likeness (QED) is 0.633. The van der Waals surface area contributed by atoms with E-state index in [1.807, 2.05) is 7.05 Å². The summed E-state index contributed by atoms with van der Waals surface area (Å²) in [6, 6.07) is 0.353. The molecule has 1 rings (SSSR count). The molecule has 70 valence electrons. The Hall–Kier alpha value is -0.570. The average Bonchev–Trinajstić information content (AvgIpc) is 2.04. The molecule has 0 atom stereocenters. The van der Waals surface area contributed by atoms with Crippen molar-refractivity contribution in [1.29, 1.82) is 0 Å². The molecular weight excluding hydrogens is 154 g/mol. The molecular formula is C9H17NO2.